The molecule has 160 valence electrons. The van der Waals surface area contributed by atoms with Crippen molar-refractivity contribution in [3.63, 3.8) is 0 Å². The van der Waals surface area contributed by atoms with Crippen molar-refractivity contribution in [1.29, 1.82) is 0 Å². The van der Waals surface area contributed by atoms with Crippen LogP contribution in [-0.2, 0) is 4.12 Å². The summed E-state index contributed by atoms with van der Waals surface area (Å²) in [5.41, 5.74) is 8.16. The molecule has 0 aliphatic heterocycles. The van der Waals surface area contributed by atoms with Crippen molar-refractivity contribution < 1.29 is 28.1 Å². The van der Waals surface area contributed by atoms with Crippen molar-refractivity contribution >= 4 is 17.9 Å². The first kappa shape index (κ1) is 26.5. The Hall–Kier alpha value is -0.496. The van der Waals surface area contributed by atoms with Gasteiger partial charge in [-0.2, -0.15) is 0 Å². The van der Waals surface area contributed by atoms with Gasteiger partial charge in [-0.15, -0.1) is 0 Å². The first-order valence-electron chi connectivity index (χ1n) is 10.1. The lowest BCUT2D eigenvalue weighted by molar-refractivity contribution is 0.0828. The lowest BCUT2D eigenvalue weighted by atomic mass is 10.0. The monoisotopic (exact) mass is 423 g/mol. The van der Waals surface area contributed by atoms with Gasteiger partial charge in [-0.1, -0.05) is 82.2 Å². The van der Waals surface area contributed by atoms with Crippen LogP contribution in [0.3, 0.4) is 0 Å². The normalized spacial score (nSPS) is 12.2. The molecule has 0 heterocycles. The Morgan fingerprint density at radius 3 is 1.37 bits per heavy atom. The highest BCUT2D eigenvalue weighted by Gasteiger charge is 2.45. The molecule has 0 aliphatic carbocycles. The average Bonchev–Trinajstić information content (AvgIpc) is 2.55. The molecule has 0 aliphatic rings. The second-order valence-corrected chi connectivity index (χ2v) is 11.0. The van der Waals surface area contributed by atoms with Crippen LogP contribution in [0.4, 0.5) is 0 Å². The SMILES string of the molecule is [N-]=[N+]=NCCCCCCCCCCCCCCCC[Si](O)(O)O[Si](O)(O)O. The minimum atomic E-state index is -4.86. The first-order chi connectivity index (χ1) is 12.8. The predicted molar refractivity (Wildman–Crippen MR) is 107 cm³/mol. The number of azide groups is 1. The molecule has 0 aromatic heterocycles. The summed E-state index contributed by atoms with van der Waals surface area (Å²) in [5.74, 6) is 0. The van der Waals surface area contributed by atoms with Crippen molar-refractivity contribution in [2.75, 3.05) is 6.54 Å². The molecular formula is C16H37N3O6Si2. The minimum Gasteiger partial charge on any atom is -0.390 e. The molecule has 0 saturated carbocycles. The van der Waals surface area contributed by atoms with Gasteiger partial charge in [-0.3, -0.25) is 0 Å². The van der Waals surface area contributed by atoms with Crippen LogP contribution < -0.4 is 0 Å². The Morgan fingerprint density at radius 2 is 1.00 bits per heavy atom. The van der Waals surface area contributed by atoms with Crippen molar-refractivity contribution in [1.82, 2.24) is 0 Å². The van der Waals surface area contributed by atoms with Crippen LogP contribution in [0.15, 0.2) is 5.11 Å². The molecule has 9 nitrogen and oxygen atoms in total. The molecule has 27 heavy (non-hydrogen) atoms. The third-order valence-corrected chi connectivity index (χ3v) is 7.78. The van der Waals surface area contributed by atoms with Crippen molar-refractivity contribution in [2.24, 2.45) is 5.11 Å². The maximum Gasteiger partial charge on any atom is 0.663 e. The number of nitrogens with zero attached hydrogens (tertiary/aromatic N) is 3. The first-order valence-corrected chi connectivity index (χ1v) is 13.9. The standard InChI is InChI=1S/C16H37N3O6Si2/c17-19-18-15-13-11-9-7-5-3-1-2-4-6-8-10-12-14-16-26(20,21)25-27(22,23)24/h20-24H,1-16H2. The summed E-state index contributed by atoms with van der Waals surface area (Å²) >= 11 is 0. The second kappa shape index (κ2) is 16.5. The van der Waals surface area contributed by atoms with Gasteiger partial charge in [-0.05, 0) is 18.4 Å². The Bertz CT molecular complexity index is 404. The summed E-state index contributed by atoms with van der Waals surface area (Å²) in [5, 5.41) is 3.52. The molecule has 0 rings (SSSR count). The van der Waals surface area contributed by atoms with Crippen LogP contribution in [0.25, 0.3) is 10.4 Å². The van der Waals surface area contributed by atoms with Gasteiger partial charge in [0, 0.05) is 17.5 Å². The van der Waals surface area contributed by atoms with Crippen LogP contribution in [0, 0.1) is 0 Å². The summed E-state index contributed by atoms with van der Waals surface area (Å²) < 4.78 is 4.19. The molecule has 0 fully saturated rings. The third kappa shape index (κ3) is 21.7. The van der Waals surface area contributed by atoms with E-state index in [1.807, 2.05) is 0 Å². The van der Waals surface area contributed by atoms with Crippen LogP contribution in [0.5, 0.6) is 0 Å². The lowest BCUT2D eigenvalue weighted by Crippen LogP contribution is -2.53. The number of hydrogen-bond acceptors (Lipinski definition) is 7. The smallest absolute Gasteiger partial charge is 0.390 e. The van der Waals surface area contributed by atoms with Crippen molar-refractivity contribution in [2.45, 2.75) is 95.9 Å². The highest BCUT2D eigenvalue weighted by Crippen LogP contribution is 2.16. The number of rotatable bonds is 19. The van der Waals surface area contributed by atoms with E-state index in [-0.39, 0.29) is 6.04 Å². The zero-order chi connectivity index (χ0) is 20.4. The Balaban J connectivity index is 3.26. The average molecular weight is 424 g/mol. The molecule has 0 atom stereocenters. The van der Waals surface area contributed by atoms with Gasteiger partial charge < -0.3 is 28.1 Å². The zero-order valence-electron chi connectivity index (χ0n) is 16.3. The topological polar surface area (TPSA) is 159 Å². The van der Waals surface area contributed by atoms with E-state index in [2.05, 4.69) is 14.1 Å². The number of hydrogen-bond donors (Lipinski definition) is 5. The molecule has 0 spiro atoms. The van der Waals surface area contributed by atoms with Gasteiger partial charge in [0.15, 0.2) is 0 Å². The fourth-order valence-electron chi connectivity index (χ4n) is 2.97. The van der Waals surface area contributed by atoms with Gasteiger partial charge in [0.2, 0.25) is 0 Å². The molecular weight excluding hydrogens is 386 g/mol. The molecule has 0 bridgehead atoms. The molecule has 11 heteroatoms. The van der Waals surface area contributed by atoms with Gasteiger partial charge in [0.1, 0.15) is 0 Å². The molecule has 5 N–H and O–H groups in total. The van der Waals surface area contributed by atoms with E-state index in [4.69, 9.17) is 19.9 Å². The quantitative estimate of drug-likeness (QED) is 0.0705. The van der Waals surface area contributed by atoms with E-state index in [1.54, 1.807) is 0 Å². The Morgan fingerprint density at radius 1 is 0.630 bits per heavy atom. The minimum absolute atomic E-state index is 0.0328. The highest BCUT2D eigenvalue weighted by molar-refractivity contribution is 6.68. The van der Waals surface area contributed by atoms with E-state index in [1.165, 1.54) is 51.4 Å². The van der Waals surface area contributed by atoms with Crippen molar-refractivity contribution in [3.8, 4) is 0 Å². The predicted octanol–water partition coefficient (Wildman–Crippen LogP) is 3.11. The zero-order valence-corrected chi connectivity index (χ0v) is 18.3. The van der Waals surface area contributed by atoms with Crippen LogP contribution in [0.2, 0.25) is 6.04 Å². The molecule has 0 aromatic rings. The maximum atomic E-state index is 9.49. The summed E-state index contributed by atoms with van der Waals surface area (Å²) in [6.07, 6.45) is 15.6. The maximum absolute atomic E-state index is 9.49. The fourth-order valence-corrected chi connectivity index (χ4v) is 5.85. The molecule has 0 saturated heterocycles. The molecule has 0 unspecified atom stereocenters. The van der Waals surface area contributed by atoms with Gasteiger partial charge in [0.25, 0.3) is 0 Å². The Labute approximate surface area is 164 Å². The van der Waals surface area contributed by atoms with Crippen LogP contribution in [-0.4, -0.2) is 48.4 Å². The lowest BCUT2D eigenvalue weighted by Gasteiger charge is -2.21. The van der Waals surface area contributed by atoms with Crippen LogP contribution >= 0.6 is 0 Å². The van der Waals surface area contributed by atoms with E-state index < -0.39 is 17.9 Å². The van der Waals surface area contributed by atoms with E-state index >= 15 is 0 Å². The summed E-state index contributed by atoms with van der Waals surface area (Å²) in [7, 11) is -9.01. The number of unbranched alkanes of at least 4 members (excludes halogenated alkanes) is 13. The summed E-state index contributed by atoms with van der Waals surface area (Å²) in [4.78, 5) is 47.9. The van der Waals surface area contributed by atoms with E-state index in [0.717, 1.165) is 32.1 Å². The second-order valence-electron chi connectivity index (χ2n) is 7.07. The molecule has 0 radical (unpaired) electrons. The van der Waals surface area contributed by atoms with Gasteiger partial charge in [-0.25, -0.2) is 0 Å². The highest BCUT2D eigenvalue weighted by atomic mass is 28.5. The summed E-state index contributed by atoms with van der Waals surface area (Å²) in [6.45, 7) is 0.614. The van der Waals surface area contributed by atoms with Gasteiger partial charge >= 0.3 is 17.9 Å². The summed E-state index contributed by atoms with van der Waals surface area (Å²) in [6, 6.07) is -0.0328. The van der Waals surface area contributed by atoms with Crippen molar-refractivity contribution in [3.05, 3.63) is 10.4 Å². The third-order valence-electron chi connectivity index (χ3n) is 4.37. The molecule has 0 aromatic carbocycles. The van der Waals surface area contributed by atoms with E-state index in [9.17, 15) is 9.59 Å². The largest absolute Gasteiger partial charge is 0.663 e. The fraction of sp³-hybridized carbons (Fsp3) is 1.00. The van der Waals surface area contributed by atoms with E-state index in [0.29, 0.717) is 13.0 Å². The Kier molecular flexibility index (Phi) is 16.2. The van der Waals surface area contributed by atoms with Crippen LogP contribution in [0.1, 0.15) is 89.9 Å². The van der Waals surface area contributed by atoms with Gasteiger partial charge in [0.05, 0.1) is 0 Å². The molecule has 0 amide bonds.